The number of halogens is 3. The van der Waals surface area contributed by atoms with E-state index in [4.69, 9.17) is 0 Å². The van der Waals surface area contributed by atoms with E-state index in [9.17, 15) is 13.2 Å². The van der Waals surface area contributed by atoms with Crippen molar-refractivity contribution in [2.45, 2.75) is 6.18 Å². The highest BCUT2D eigenvalue weighted by atomic mass is 19.4. The highest BCUT2D eigenvalue weighted by Gasteiger charge is 2.30. The fourth-order valence-electron chi connectivity index (χ4n) is 1.83. The molecule has 3 rings (SSSR count). The van der Waals surface area contributed by atoms with E-state index in [0.29, 0.717) is 16.9 Å². The average molecular weight is 263 g/mol. The number of hydrogen-bond acceptors (Lipinski definition) is 2. The van der Waals surface area contributed by atoms with E-state index in [0.717, 1.165) is 12.1 Å². The van der Waals surface area contributed by atoms with Crippen LogP contribution in [-0.4, -0.2) is 14.6 Å². The second-order valence-corrected chi connectivity index (χ2v) is 4.03. The fraction of sp³-hybridized carbons (Fsp3) is 0.0769. The lowest BCUT2D eigenvalue weighted by Gasteiger charge is -2.08. The van der Waals surface area contributed by atoms with Gasteiger partial charge in [0.2, 0.25) is 0 Å². The van der Waals surface area contributed by atoms with E-state index >= 15 is 0 Å². The van der Waals surface area contributed by atoms with Crippen LogP contribution in [0.5, 0.6) is 0 Å². The molecule has 96 valence electrons. The van der Waals surface area contributed by atoms with E-state index in [-0.39, 0.29) is 0 Å². The van der Waals surface area contributed by atoms with Gasteiger partial charge in [-0.3, -0.25) is 0 Å². The lowest BCUT2D eigenvalue weighted by atomic mass is 10.1. The van der Waals surface area contributed by atoms with Gasteiger partial charge in [0.05, 0.1) is 17.5 Å². The van der Waals surface area contributed by atoms with Crippen LogP contribution in [0.2, 0.25) is 0 Å². The predicted octanol–water partition coefficient (Wildman–Crippen LogP) is 3.42. The highest BCUT2D eigenvalue weighted by molar-refractivity contribution is 5.62. The van der Waals surface area contributed by atoms with Crippen molar-refractivity contribution in [2.24, 2.45) is 0 Å². The van der Waals surface area contributed by atoms with Gasteiger partial charge < -0.3 is 0 Å². The molecule has 0 saturated heterocycles. The standard InChI is InChI=1S/C13H8F3N3/c14-13(15,16)10-3-1-2-9(8-10)11-5-7-19-12(18-11)4-6-17-19/h1-8H. The van der Waals surface area contributed by atoms with Crippen molar-refractivity contribution < 1.29 is 13.2 Å². The van der Waals surface area contributed by atoms with Gasteiger partial charge in [0.25, 0.3) is 0 Å². The summed E-state index contributed by atoms with van der Waals surface area (Å²) < 4.78 is 39.5. The maximum Gasteiger partial charge on any atom is 0.416 e. The van der Waals surface area contributed by atoms with Crippen LogP contribution in [0.1, 0.15) is 5.56 Å². The summed E-state index contributed by atoms with van der Waals surface area (Å²) in [4.78, 5) is 4.26. The second kappa shape index (κ2) is 4.08. The Morgan fingerprint density at radius 2 is 1.89 bits per heavy atom. The van der Waals surface area contributed by atoms with E-state index in [1.54, 1.807) is 35.1 Å². The third-order valence-corrected chi connectivity index (χ3v) is 2.74. The molecule has 3 nitrogen and oxygen atoms in total. The van der Waals surface area contributed by atoms with E-state index < -0.39 is 11.7 Å². The molecule has 0 aliphatic heterocycles. The van der Waals surface area contributed by atoms with Crippen molar-refractivity contribution in [3.8, 4) is 11.3 Å². The summed E-state index contributed by atoms with van der Waals surface area (Å²) in [5.41, 5.74) is 0.827. The summed E-state index contributed by atoms with van der Waals surface area (Å²) in [5, 5.41) is 3.98. The molecule has 0 N–H and O–H groups in total. The van der Waals surface area contributed by atoms with Crippen LogP contribution >= 0.6 is 0 Å². The summed E-state index contributed by atoms with van der Waals surface area (Å²) in [6, 6.07) is 8.44. The number of benzene rings is 1. The lowest BCUT2D eigenvalue weighted by Crippen LogP contribution is -2.04. The van der Waals surface area contributed by atoms with Crippen LogP contribution in [0.4, 0.5) is 13.2 Å². The molecule has 3 aromatic rings. The third-order valence-electron chi connectivity index (χ3n) is 2.74. The molecule has 6 heteroatoms. The molecule has 0 saturated carbocycles. The van der Waals surface area contributed by atoms with Crippen molar-refractivity contribution in [2.75, 3.05) is 0 Å². The zero-order valence-corrected chi connectivity index (χ0v) is 9.59. The molecule has 0 fully saturated rings. The lowest BCUT2D eigenvalue weighted by molar-refractivity contribution is -0.137. The van der Waals surface area contributed by atoms with Crippen LogP contribution in [0.3, 0.4) is 0 Å². The van der Waals surface area contributed by atoms with Crippen molar-refractivity contribution in [1.82, 2.24) is 14.6 Å². The zero-order valence-electron chi connectivity index (χ0n) is 9.59. The Balaban J connectivity index is 2.10. The minimum Gasteiger partial charge on any atom is -0.229 e. The molecule has 2 aromatic heterocycles. The first-order chi connectivity index (χ1) is 9.04. The summed E-state index contributed by atoms with van der Waals surface area (Å²) in [6.45, 7) is 0. The molecule has 0 bridgehead atoms. The van der Waals surface area contributed by atoms with Gasteiger partial charge in [0.1, 0.15) is 0 Å². The molecule has 19 heavy (non-hydrogen) atoms. The molecular formula is C13H8F3N3. The van der Waals surface area contributed by atoms with Crippen LogP contribution in [-0.2, 0) is 6.18 Å². The average Bonchev–Trinajstić information content (AvgIpc) is 2.85. The van der Waals surface area contributed by atoms with Gasteiger partial charge in [0, 0.05) is 17.8 Å². The molecule has 0 aliphatic rings. The van der Waals surface area contributed by atoms with Gasteiger partial charge in [-0.05, 0) is 18.2 Å². The molecule has 0 spiro atoms. The number of rotatable bonds is 1. The summed E-state index contributed by atoms with van der Waals surface area (Å²) in [6.07, 6.45) is -1.10. The minimum atomic E-state index is -4.35. The van der Waals surface area contributed by atoms with E-state index in [2.05, 4.69) is 10.1 Å². The monoisotopic (exact) mass is 263 g/mol. The first-order valence-corrected chi connectivity index (χ1v) is 5.52. The minimum absolute atomic E-state index is 0.429. The van der Waals surface area contributed by atoms with E-state index in [1.807, 2.05) is 0 Å². The number of nitrogens with zero attached hydrogens (tertiary/aromatic N) is 3. The quantitative estimate of drug-likeness (QED) is 0.673. The summed E-state index contributed by atoms with van der Waals surface area (Å²) >= 11 is 0. The van der Waals surface area contributed by atoms with Crippen molar-refractivity contribution in [3.63, 3.8) is 0 Å². The normalized spacial score (nSPS) is 11.9. The molecule has 0 aliphatic carbocycles. The molecule has 0 amide bonds. The van der Waals surface area contributed by atoms with Gasteiger partial charge in [-0.25, -0.2) is 9.50 Å². The largest absolute Gasteiger partial charge is 0.416 e. The van der Waals surface area contributed by atoms with Crippen molar-refractivity contribution >= 4 is 5.65 Å². The van der Waals surface area contributed by atoms with Crippen LogP contribution < -0.4 is 0 Å². The molecular weight excluding hydrogens is 255 g/mol. The smallest absolute Gasteiger partial charge is 0.229 e. The van der Waals surface area contributed by atoms with Gasteiger partial charge in [-0.15, -0.1) is 0 Å². The van der Waals surface area contributed by atoms with Crippen molar-refractivity contribution in [1.29, 1.82) is 0 Å². The van der Waals surface area contributed by atoms with Crippen molar-refractivity contribution in [3.05, 3.63) is 54.4 Å². The Kier molecular flexibility index (Phi) is 2.51. The number of hydrogen-bond donors (Lipinski definition) is 0. The zero-order chi connectivity index (χ0) is 13.5. The maximum atomic E-state index is 12.7. The first-order valence-electron chi connectivity index (χ1n) is 5.52. The molecule has 0 unspecified atom stereocenters. The Morgan fingerprint density at radius 3 is 2.68 bits per heavy atom. The SMILES string of the molecule is FC(F)(F)c1cccc(-c2ccn3nccc3n2)c1. The Morgan fingerprint density at radius 1 is 1.05 bits per heavy atom. The number of alkyl halides is 3. The Hall–Kier alpha value is -2.37. The highest BCUT2D eigenvalue weighted by Crippen LogP contribution is 2.31. The number of fused-ring (bicyclic) bond motifs is 1. The first kappa shape index (κ1) is 11.7. The van der Waals surface area contributed by atoms with Gasteiger partial charge in [-0.1, -0.05) is 12.1 Å². The second-order valence-electron chi connectivity index (χ2n) is 4.03. The van der Waals surface area contributed by atoms with Crippen LogP contribution in [0.25, 0.3) is 16.9 Å². The van der Waals surface area contributed by atoms with Gasteiger partial charge >= 0.3 is 6.18 Å². The topological polar surface area (TPSA) is 30.2 Å². The molecule has 0 radical (unpaired) electrons. The van der Waals surface area contributed by atoms with Crippen LogP contribution in [0, 0.1) is 0 Å². The molecule has 0 atom stereocenters. The van der Waals surface area contributed by atoms with Gasteiger partial charge in [-0.2, -0.15) is 18.3 Å². The fourth-order valence-corrected chi connectivity index (χ4v) is 1.83. The Labute approximate surface area is 106 Å². The molecule has 2 heterocycles. The molecule has 1 aromatic carbocycles. The van der Waals surface area contributed by atoms with Gasteiger partial charge in [0.15, 0.2) is 5.65 Å². The summed E-state index contributed by atoms with van der Waals surface area (Å²) in [7, 11) is 0. The Bertz CT molecular complexity index is 731. The third kappa shape index (κ3) is 2.16. The van der Waals surface area contributed by atoms with E-state index in [1.165, 1.54) is 6.07 Å². The van der Waals surface area contributed by atoms with Crippen LogP contribution in [0.15, 0.2) is 48.8 Å². The summed E-state index contributed by atoms with van der Waals surface area (Å²) in [5.74, 6) is 0. The predicted molar refractivity (Wildman–Crippen MR) is 63.4 cm³/mol. The number of aromatic nitrogens is 3. The maximum absolute atomic E-state index is 12.7.